The molecule has 0 bridgehead atoms. The van der Waals surface area contributed by atoms with E-state index < -0.39 is 0 Å². The van der Waals surface area contributed by atoms with Crippen molar-refractivity contribution >= 4 is 15.9 Å². The quantitative estimate of drug-likeness (QED) is 0.947. The Bertz CT molecular complexity index is 553. The van der Waals surface area contributed by atoms with E-state index in [-0.39, 0.29) is 11.5 Å². The molecule has 1 heterocycles. The number of halogens is 1. The first-order valence-corrected chi connectivity index (χ1v) is 6.98. The molecule has 1 aromatic heterocycles. The fourth-order valence-corrected chi connectivity index (χ4v) is 2.82. The largest absolute Gasteiger partial charge is 0.327 e. The lowest BCUT2D eigenvalue weighted by atomic mass is 9.89. The summed E-state index contributed by atoms with van der Waals surface area (Å²) in [5, 5.41) is 4.27. The van der Waals surface area contributed by atoms with Crippen LogP contribution in [0, 0.1) is 0 Å². The summed E-state index contributed by atoms with van der Waals surface area (Å²) in [6.07, 6.45) is 6.15. The second-order valence-electron chi connectivity index (χ2n) is 5.09. The molecule has 0 amide bonds. The van der Waals surface area contributed by atoms with Gasteiger partial charge in [0.1, 0.15) is 0 Å². The van der Waals surface area contributed by atoms with E-state index in [4.69, 9.17) is 5.73 Å². The van der Waals surface area contributed by atoms with Crippen LogP contribution in [0.4, 0.5) is 0 Å². The van der Waals surface area contributed by atoms with Gasteiger partial charge >= 0.3 is 0 Å². The number of hydrogen-bond donors (Lipinski definition) is 1. The predicted molar refractivity (Wildman–Crippen MR) is 75.8 cm³/mol. The van der Waals surface area contributed by atoms with Crippen molar-refractivity contribution in [3.63, 3.8) is 0 Å². The number of nitrogens with two attached hydrogens (primary N) is 1. The van der Waals surface area contributed by atoms with Crippen molar-refractivity contribution in [3.8, 4) is 5.69 Å². The highest BCUT2D eigenvalue weighted by atomic mass is 79.9. The first-order chi connectivity index (χ1) is 8.62. The van der Waals surface area contributed by atoms with Gasteiger partial charge in [0.2, 0.25) is 0 Å². The molecular formula is C14H16BrN3. The lowest BCUT2D eigenvalue weighted by molar-refractivity contribution is 0.556. The summed E-state index contributed by atoms with van der Waals surface area (Å²) >= 11 is 3.40. The van der Waals surface area contributed by atoms with Gasteiger partial charge in [0, 0.05) is 17.7 Å². The summed E-state index contributed by atoms with van der Waals surface area (Å²) in [6.45, 7) is 2.10. The number of nitrogens with zero attached hydrogens (tertiary/aromatic N) is 2. The minimum atomic E-state index is 0.224. The third-order valence-corrected chi connectivity index (χ3v) is 4.33. The molecule has 2 N–H and O–H groups in total. The molecule has 1 aromatic carbocycles. The van der Waals surface area contributed by atoms with Crippen molar-refractivity contribution in [2.24, 2.45) is 5.73 Å². The van der Waals surface area contributed by atoms with Gasteiger partial charge in [-0.2, -0.15) is 5.10 Å². The molecule has 2 aromatic rings. The van der Waals surface area contributed by atoms with E-state index in [2.05, 4.69) is 52.2 Å². The van der Waals surface area contributed by atoms with Gasteiger partial charge in [-0.05, 0) is 53.4 Å². The maximum absolute atomic E-state index is 6.09. The van der Waals surface area contributed by atoms with Crippen LogP contribution in [-0.4, -0.2) is 15.8 Å². The van der Waals surface area contributed by atoms with Crippen LogP contribution in [0.25, 0.3) is 5.69 Å². The van der Waals surface area contributed by atoms with Crippen LogP contribution in [0.1, 0.15) is 25.3 Å². The van der Waals surface area contributed by atoms with Crippen LogP contribution in [-0.2, 0) is 5.41 Å². The van der Waals surface area contributed by atoms with Gasteiger partial charge in [-0.15, -0.1) is 0 Å². The monoisotopic (exact) mass is 305 g/mol. The van der Waals surface area contributed by atoms with Gasteiger partial charge in [-0.3, -0.25) is 0 Å². The minimum Gasteiger partial charge on any atom is -0.327 e. The van der Waals surface area contributed by atoms with Crippen molar-refractivity contribution in [1.29, 1.82) is 0 Å². The molecule has 1 unspecified atom stereocenters. The molecule has 94 valence electrons. The molecule has 1 saturated carbocycles. The van der Waals surface area contributed by atoms with Gasteiger partial charge in [-0.25, -0.2) is 4.68 Å². The number of rotatable bonds is 3. The molecule has 18 heavy (non-hydrogen) atoms. The molecule has 1 aliphatic carbocycles. The summed E-state index contributed by atoms with van der Waals surface area (Å²) in [4.78, 5) is 0. The second kappa shape index (κ2) is 4.21. The van der Waals surface area contributed by atoms with Gasteiger partial charge in [-0.1, -0.05) is 12.1 Å². The Hall–Kier alpha value is -1.13. The molecule has 4 heteroatoms. The lowest BCUT2D eigenvalue weighted by Crippen LogP contribution is -2.31. The number of hydrogen-bond acceptors (Lipinski definition) is 2. The van der Waals surface area contributed by atoms with Crippen molar-refractivity contribution in [2.45, 2.75) is 31.2 Å². The molecule has 3 nitrogen and oxygen atoms in total. The van der Waals surface area contributed by atoms with Crippen LogP contribution < -0.4 is 5.73 Å². The van der Waals surface area contributed by atoms with Crippen molar-refractivity contribution in [1.82, 2.24) is 9.78 Å². The van der Waals surface area contributed by atoms with E-state index >= 15 is 0 Å². The Morgan fingerprint density at radius 1 is 1.33 bits per heavy atom. The van der Waals surface area contributed by atoms with Gasteiger partial charge in [0.05, 0.1) is 16.4 Å². The number of aromatic nitrogens is 2. The molecule has 1 fully saturated rings. The smallest absolute Gasteiger partial charge is 0.0646 e. The summed E-state index contributed by atoms with van der Waals surface area (Å²) in [6, 6.07) is 8.80. The Balaban J connectivity index is 1.90. The molecule has 3 rings (SSSR count). The van der Waals surface area contributed by atoms with Gasteiger partial charge in [0.15, 0.2) is 0 Å². The zero-order valence-corrected chi connectivity index (χ0v) is 11.9. The van der Waals surface area contributed by atoms with Crippen LogP contribution in [0.2, 0.25) is 0 Å². The zero-order valence-electron chi connectivity index (χ0n) is 10.3. The van der Waals surface area contributed by atoms with Gasteiger partial charge in [0.25, 0.3) is 0 Å². The zero-order chi connectivity index (χ0) is 12.8. The molecular weight excluding hydrogens is 290 g/mol. The molecule has 0 aliphatic heterocycles. The standard InChI is InChI=1S/C14H16BrN3/c1-10(16)14(6-7-14)11-2-4-13(5-3-11)18-9-12(15)8-17-18/h2-5,8-10H,6-7,16H2,1H3. The SMILES string of the molecule is CC(N)C1(c2ccc(-n3cc(Br)cn3)cc2)CC1. The first-order valence-electron chi connectivity index (χ1n) is 6.18. The molecule has 0 spiro atoms. The van der Waals surface area contributed by atoms with E-state index in [0.29, 0.717) is 0 Å². The summed E-state index contributed by atoms with van der Waals surface area (Å²) in [5.41, 5.74) is 8.75. The third-order valence-electron chi connectivity index (χ3n) is 3.92. The Kier molecular flexibility index (Phi) is 2.79. The molecule has 0 radical (unpaired) electrons. The van der Waals surface area contributed by atoms with Crippen LogP contribution in [0.15, 0.2) is 41.1 Å². The Morgan fingerprint density at radius 3 is 2.44 bits per heavy atom. The van der Waals surface area contributed by atoms with Crippen LogP contribution >= 0.6 is 15.9 Å². The molecule has 0 saturated heterocycles. The highest BCUT2D eigenvalue weighted by Crippen LogP contribution is 2.50. The van der Waals surface area contributed by atoms with Crippen LogP contribution in [0.3, 0.4) is 0 Å². The fraction of sp³-hybridized carbons (Fsp3) is 0.357. The summed E-state index contributed by atoms with van der Waals surface area (Å²) in [7, 11) is 0. The highest BCUT2D eigenvalue weighted by Gasteiger charge is 2.47. The van der Waals surface area contributed by atoms with Crippen molar-refractivity contribution < 1.29 is 0 Å². The first kappa shape index (κ1) is 11.9. The normalized spacial score (nSPS) is 18.6. The van der Waals surface area contributed by atoms with E-state index in [9.17, 15) is 0 Å². The highest BCUT2D eigenvalue weighted by molar-refractivity contribution is 9.10. The van der Waals surface area contributed by atoms with E-state index in [1.54, 1.807) is 6.20 Å². The summed E-state index contributed by atoms with van der Waals surface area (Å²) in [5.74, 6) is 0. The lowest BCUT2D eigenvalue weighted by Gasteiger charge is -2.20. The minimum absolute atomic E-state index is 0.224. The molecule has 1 aliphatic rings. The van der Waals surface area contributed by atoms with Crippen LogP contribution in [0.5, 0.6) is 0 Å². The third kappa shape index (κ3) is 1.89. The molecule has 1 atom stereocenters. The Labute approximate surface area is 115 Å². The van der Waals surface area contributed by atoms with E-state index in [1.165, 1.54) is 18.4 Å². The average Bonchev–Trinajstić information content (AvgIpc) is 3.07. The average molecular weight is 306 g/mol. The second-order valence-corrected chi connectivity index (χ2v) is 6.01. The topological polar surface area (TPSA) is 43.8 Å². The maximum atomic E-state index is 6.09. The van der Waals surface area contributed by atoms with Crippen molar-refractivity contribution in [2.75, 3.05) is 0 Å². The van der Waals surface area contributed by atoms with E-state index in [1.807, 2.05) is 10.9 Å². The predicted octanol–water partition coefficient (Wildman–Crippen LogP) is 3.01. The van der Waals surface area contributed by atoms with Crippen molar-refractivity contribution in [3.05, 3.63) is 46.7 Å². The Morgan fingerprint density at radius 2 is 2.00 bits per heavy atom. The fourth-order valence-electron chi connectivity index (χ4n) is 2.53. The summed E-state index contributed by atoms with van der Waals surface area (Å²) < 4.78 is 2.85. The maximum Gasteiger partial charge on any atom is 0.0646 e. The van der Waals surface area contributed by atoms with Gasteiger partial charge < -0.3 is 5.73 Å². The number of benzene rings is 1. The van der Waals surface area contributed by atoms with E-state index in [0.717, 1.165) is 10.2 Å².